The van der Waals surface area contributed by atoms with Crippen LogP contribution in [-0.4, -0.2) is 27.4 Å². The largest absolute Gasteiger partial charge is 0.311 e. The van der Waals surface area contributed by atoms with E-state index in [1.54, 1.807) is 0 Å². The molecule has 0 bridgehead atoms. The number of benzene rings is 21. The van der Waals surface area contributed by atoms with Crippen molar-refractivity contribution in [2.75, 3.05) is 0 Å². The maximum atomic E-state index is 10.5. The Labute approximate surface area is 860 Å². The highest BCUT2D eigenvalue weighted by atomic mass is 15.0. The van der Waals surface area contributed by atoms with E-state index in [9.17, 15) is 36.8 Å². The van der Waals surface area contributed by atoms with Gasteiger partial charge in [0.1, 0.15) is 0 Å². The quantitative estimate of drug-likeness (QED) is 0.108. The molecule has 0 aliphatic carbocycles. The molecule has 15 nitrogen and oxygen atoms in total. The van der Waals surface area contributed by atoms with Crippen molar-refractivity contribution in [1.82, 2.24) is 27.4 Å². The minimum atomic E-state index is 0.550. The SMILES string of the molecule is N#Cc1ccc2c(c1)c1c(C#N)cccc1n2-c1ccc(-c2ccccc2-c2c(C#N)cccc2-n2c3ccccc3c3ccccc32)cc1.[C-]#[N+]c1ccc2c(c1)c1cc(C#N)ccc1n2-c1ccc(-c2ccccc2-c2c(C#N)cccc2-n2c3ccccc3c3ccccc32)cc1.[C-]#[N+]c1ccc2c3cc(C#N)ccc3n(-c3ccc(-c4ccccc4-c4c(C#N)cccc4-n4c5ccccc5c5ccccc54)cc3)c2c1. The third-order valence-electron chi connectivity index (χ3n) is 28.9. The summed E-state index contributed by atoms with van der Waals surface area (Å²) in [6, 6.07) is 169. The highest BCUT2D eigenvalue weighted by molar-refractivity contribution is 6.17. The second-order valence-corrected chi connectivity index (χ2v) is 36.8. The lowest BCUT2D eigenvalue weighted by atomic mass is 9.90. The van der Waals surface area contributed by atoms with Crippen LogP contribution >= 0.6 is 0 Å². The first-order valence-electron chi connectivity index (χ1n) is 48.8. The van der Waals surface area contributed by atoms with E-state index >= 15 is 0 Å². The standard InChI is InChI=1S/3C45H25N5/c1-48-32-20-23-37-39-25-29(27-46)17-24-42(39)49(44(37)26-32)33-21-18-30(19-22-33)34-10-2-3-13-38(34)45-31(28-47)9-8-16-43(45)50-40-14-6-4-11-35(40)36-12-5-7-15-41(36)50;1-48-32-20-24-43-39(26-32)38-25-29(27-46)17-23-42(38)49(43)33-21-18-30(19-22-33)34-10-2-3-13-37(34)45-31(28-47)9-8-16-44(45)50-40-14-6-4-11-35(40)36-12-5-7-15-41(36)50;46-26-29-19-24-41-38(25-29)45-32(28-48)10-7-17-42(45)49(41)33-22-20-30(21-23-33)34-11-1-2-14-37(34)44-31(27-47)9-8-18-43(44)50-39-15-5-3-12-35(39)36-13-4-6-16-40(36)50/h2*2-26H;1-25H. The molecule has 0 radical (unpaired) electrons. The van der Waals surface area contributed by atoms with Crippen LogP contribution < -0.4 is 0 Å². The third-order valence-corrected chi connectivity index (χ3v) is 28.9. The molecule has 0 aliphatic rings. The van der Waals surface area contributed by atoms with Crippen molar-refractivity contribution in [1.29, 1.82) is 36.8 Å². The molecule has 27 aromatic rings. The Morgan fingerprint density at radius 3 is 0.773 bits per heavy atom. The van der Waals surface area contributed by atoms with Crippen LogP contribution in [0.3, 0.4) is 0 Å². The molecule has 0 unspecified atom stereocenters. The molecule has 150 heavy (non-hydrogen) atoms. The van der Waals surface area contributed by atoms with Crippen molar-refractivity contribution in [3.8, 4) is 143 Å². The van der Waals surface area contributed by atoms with Crippen LogP contribution in [0.5, 0.6) is 0 Å². The maximum absolute atomic E-state index is 10.5. The Kier molecular flexibility index (Phi) is 22.0. The van der Waals surface area contributed by atoms with E-state index in [1.165, 1.54) is 10.8 Å². The Morgan fingerprint density at radius 2 is 0.427 bits per heavy atom. The van der Waals surface area contributed by atoms with Crippen LogP contribution in [0.1, 0.15) is 38.9 Å². The second-order valence-electron chi connectivity index (χ2n) is 36.8. The van der Waals surface area contributed by atoms with Gasteiger partial charge in [0, 0.05) is 98.5 Å². The fourth-order valence-corrected chi connectivity index (χ4v) is 22.4. The molecule has 0 spiro atoms. The highest BCUT2D eigenvalue weighted by Crippen LogP contribution is 2.49. The first-order valence-corrected chi connectivity index (χ1v) is 48.8. The summed E-state index contributed by atoms with van der Waals surface area (Å²) < 4.78 is 13.3. The average Bonchev–Trinajstić information content (AvgIpc) is 1.53. The summed E-state index contributed by atoms with van der Waals surface area (Å²) in [5.74, 6) is 0. The van der Waals surface area contributed by atoms with Gasteiger partial charge in [-0.25, -0.2) is 9.69 Å². The lowest BCUT2D eigenvalue weighted by Crippen LogP contribution is -2.00. The van der Waals surface area contributed by atoms with Crippen LogP contribution in [0.25, 0.3) is 241 Å². The molecule has 0 aliphatic heterocycles. The summed E-state index contributed by atoms with van der Waals surface area (Å²) in [4.78, 5) is 7.33. The molecule has 0 saturated heterocycles. The molecular weight excluding hydrogens is 1830 g/mol. The third kappa shape index (κ3) is 14.7. The minimum Gasteiger partial charge on any atom is -0.311 e. The molecule has 0 saturated carbocycles. The molecule has 0 amide bonds. The maximum Gasteiger partial charge on any atom is 0.189 e. The first-order chi connectivity index (χ1) is 74.0. The van der Waals surface area contributed by atoms with Gasteiger partial charge in [-0.2, -0.15) is 36.8 Å². The van der Waals surface area contributed by atoms with Gasteiger partial charge >= 0.3 is 0 Å². The van der Waals surface area contributed by atoms with Crippen LogP contribution in [0, 0.1) is 92.5 Å². The molecule has 0 fully saturated rings. The first kappa shape index (κ1) is 89.2. The van der Waals surface area contributed by atoms with Gasteiger partial charge in [0.15, 0.2) is 11.4 Å². The zero-order valence-electron chi connectivity index (χ0n) is 80.0. The van der Waals surface area contributed by atoms with Crippen molar-refractivity contribution >= 4 is 142 Å². The summed E-state index contributed by atoms with van der Waals surface area (Å²) in [6.07, 6.45) is 0. The molecule has 21 aromatic carbocycles. The van der Waals surface area contributed by atoms with E-state index in [1.807, 2.05) is 182 Å². The normalized spacial score (nSPS) is 11.1. The predicted octanol–water partition coefficient (Wildman–Crippen LogP) is 33.8. The Hall–Kier alpha value is -22.2. The smallest absolute Gasteiger partial charge is 0.189 e. The Morgan fingerprint density at radius 1 is 0.173 bits per heavy atom. The fourth-order valence-electron chi connectivity index (χ4n) is 22.4. The minimum absolute atomic E-state index is 0.550. The van der Waals surface area contributed by atoms with Gasteiger partial charge in [0.25, 0.3) is 0 Å². The molecule has 690 valence electrons. The summed E-state index contributed by atoms with van der Waals surface area (Å²) in [5.41, 5.74) is 34.7. The number of rotatable bonds is 12. The average molecular weight is 1910 g/mol. The van der Waals surface area contributed by atoms with E-state index in [0.717, 1.165) is 221 Å². The molecule has 0 atom stereocenters. The van der Waals surface area contributed by atoms with Crippen molar-refractivity contribution in [2.24, 2.45) is 0 Å². The molecule has 15 heteroatoms. The van der Waals surface area contributed by atoms with Crippen molar-refractivity contribution < 1.29 is 0 Å². The molecule has 6 aromatic heterocycles. The van der Waals surface area contributed by atoms with E-state index in [2.05, 4.69) is 353 Å². The molecular formula is C135H75N15. The summed E-state index contributed by atoms with van der Waals surface area (Å²) in [6.45, 7) is 15.2. The monoisotopic (exact) mass is 1910 g/mol. The van der Waals surface area contributed by atoms with E-state index in [0.29, 0.717) is 50.3 Å². The topological polar surface area (TPSA) is 205 Å². The van der Waals surface area contributed by atoms with Gasteiger partial charge in [0.2, 0.25) is 0 Å². The number of hydrogen-bond acceptors (Lipinski definition) is 7. The summed E-state index contributed by atoms with van der Waals surface area (Å²) in [5, 5.41) is 82.7. The van der Waals surface area contributed by atoms with Crippen molar-refractivity contribution in [2.45, 2.75) is 0 Å². The number of fused-ring (bicyclic) bond motifs is 18. The lowest BCUT2D eigenvalue weighted by molar-refractivity contribution is 1.18. The highest BCUT2D eigenvalue weighted by Gasteiger charge is 2.28. The number of aromatic nitrogens is 6. The van der Waals surface area contributed by atoms with E-state index < -0.39 is 0 Å². The zero-order valence-corrected chi connectivity index (χ0v) is 80.0. The Balaban J connectivity index is 0.000000116. The van der Waals surface area contributed by atoms with Crippen molar-refractivity contribution in [3.63, 3.8) is 0 Å². The van der Waals surface area contributed by atoms with E-state index in [4.69, 9.17) is 13.1 Å². The second kappa shape index (κ2) is 37.0. The molecule has 27 rings (SSSR count). The van der Waals surface area contributed by atoms with Gasteiger partial charge in [-0.3, -0.25) is 0 Å². The van der Waals surface area contributed by atoms with Gasteiger partial charge < -0.3 is 27.4 Å². The van der Waals surface area contributed by atoms with Gasteiger partial charge in [0.05, 0.1) is 172 Å². The van der Waals surface area contributed by atoms with E-state index in [-0.39, 0.29) is 0 Å². The lowest BCUT2D eigenvalue weighted by Gasteiger charge is -2.18. The Bertz CT molecular complexity index is 10300. The van der Waals surface area contributed by atoms with Crippen LogP contribution in [-0.2, 0) is 0 Å². The van der Waals surface area contributed by atoms with Gasteiger partial charge in [-0.05, 0) is 250 Å². The van der Waals surface area contributed by atoms with Crippen LogP contribution in [0.4, 0.5) is 11.4 Å². The van der Waals surface area contributed by atoms with Gasteiger partial charge in [-0.1, -0.05) is 261 Å². The molecule has 6 heterocycles. The number of nitriles is 7. The zero-order chi connectivity index (χ0) is 101. The van der Waals surface area contributed by atoms with Gasteiger partial charge in [-0.15, -0.1) is 0 Å². The fraction of sp³-hybridized carbons (Fsp3) is 0. The predicted molar refractivity (Wildman–Crippen MR) is 604 cm³/mol. The summed E-state index contributed by atoms with van der Waals surface area (Å²) in [7, 11) is 0. The molecule has 0 N–H and O–H groups in total. The van der Waals surface area contributed by atoms with Crippen LogP contribution in [0.2, 0.25) is 0 Å². The number of para-hydroxylation sites is 6. The van der Waals surface area contributed by atoms with Crippen LogP contribution in [0.15, 0.2) is 455 Å². The van der Waals surface area contributed by atoms with Crippen molar-refractivity contribution in [3.05, 3.63) is 517 Å². The summed E-state index contributed by atoms with van der Waals surface area (Å²) >= 11 is 0. The number of hydrogen-bond donors (Lipinski definition) is 0. The number of nitrogens with zero attached hydrogens (tertiary/aromatic N) is 15.